The highest BCUT2D eigenvalue weighted by atomic mass is 35.5. The van der Waals surface area contributed by atoms with Crippen LogP contribution in [0.2, 0.25) is 0 Å². The summed E-state index contributed by atoms with van der Waals surface area (Å²) in [4.78, 5) is 17.1. The van der Waals surface area contributed by atoms with Gasteiger partial charge in [-0.15, -0.1) is 12.4 Å². The maximum atomic E-state index is 13.0. The lowest BCUT2D eigenvalue weighted by Gasteiger charge is -2.34. The van der Waals surface area contributed by atoms with Crippen LogP contribution in [0.3, 0.4) is 0 Å². The van der Waals surface area contributed by atoms with Crippen LogP contribution in [0.25, 0.3) is 0 Å². The minimum atomic E-state index is 0. The van der Waals surface area contributed by atoms with Gasteiger partial charge in [-0.3, -0.25) is 4.79 Å². The highest BCUT2D eigenvalue weighted by molar-refractivity contribution is 5.85. The van der Waals surface area contributed by atoms with E-state index in [0.29, 0.717) is 13.1 Å². The van der Waals surface area contributed by atoms with E-state index >= 15 is 0 Å². The van der Waals surface area contributed by atoms with Crippen molar-refractivity contribution in [1.29, 1.82) is 0 Å². The maximum absolute atomic E-state index is 13.0. The van der Waals surface area contributed by atoms with Gasteiger partial charge >= 0.3 is 0 Å². The largest absolute Gasteiger partial charge is 0.398 e. The van der Waals surface area contributed by atoms with Gasteiger partial charge in [0.05, 0.1) is 6.54 Å². The number of carbonyl (C=O) groups excluding carboxylic acids is 1. The van der Waals surface area contributed by atoms with Crippen molar-refractivity contribution in [3.63, 3.8) is 0 Å². The topological polar surface area (TPSA) is 49.6 Å². The highest BCUT2D eigenvalue weighted by Crippen LogP contribution is 2.31. The van der Waals surface area contributed by atoms with Crippen molar-refractivity contribution in [3.8, 4) is 0 Å². The van der Waals surface area contributed by atoms with E-state index in [4.69, 9.17) is 5.73 Å². The van der Waals surface area contributed by atoms with Crippen molar-refractivity contribution >= 4 is 29.7 Å². The summed E-state index contributed by atoms with van der Waals surface area (Å²) in [6, 6.07) is 16.3. The Morgan fingerprint density at radius 3 is 2.58 bits per heavy atom. The van der Waals surface area contributed by atoms with Gasteiger partial charge in [-0.05, 0) is 49.9 Å². The molecule has 0 aromatic heterocycles. The molecule has 140 valence electrons. The van der Waals surface area contributed by atoms with E-state index in [1.165, 1.54) is 5.56 Å². The summed E-state index contributed by atoms with van der Waals surface area (Å²) in [5, 5.41) is 0. The maximum Gasteiger partial charge on any atom is 0.242 e. The normalized spacial score (nSPS) is 13.1. The molecule has 2 aromatic carbocycles. The number of benzene rings is 2. The molecular formula is C21H28ClN3O. The molecular weight excluding hydrogens is 346 g/mol. The molecule has 0 aliphatic carbocycles. The monoisotopic (exact) mass is 373 g/mol. The Balaban J connectivity index is 0.00000243. The molecule has 0 bridgehead atoms. The Morgan fingerprint density at radius 2 is 1.88 bits per heavy atom. The summed E-state index contributed by atoms with van der Waals surface area (Å²) in [6.45, 7) is 6.10. The summed E-state index contributed by atoms with van der Waals surface area (Å²) in [6.07, 6.45) is 2.03. The number of hydrogen-bond donors (Lipinski definition) is 1. The van der Waals surface area contributed by atoms with Crippen molar-refractivity contribution in [3.05, 3.63) is 59.7 Å². The first-order valence-corrected chi connectivity index (χ1v) is 9.02. The van der Waals surface area contributed by atoms with Crippen molar-refractivity contribution in [1.82, 2.24) is 4.90 Å². The molecule has 0 spiro atoms. The summed E-state index contributed by atoms with van der Waals surface area (Å²) in [5.41, 5.74) is 10.4. The number of nitrogen functional groups attached to an aromatic ring is 1. The van der Waals surface area contributed by atoms with Crippen molar-refractivity contribution in [2.24, 2.45) is 0 Å². The fraction of sp³-hybridized carbons (Fsp3) is 0.381. The second kappa shape index (κ2) is 8.95. The predicted octanol–water partition coefficient (Wildman–Crippen LogP) is 3.88. The number of halogens is 1. The van der Waals surface area contributed by atoms with Gasteiger partial charge in [-0.25, -0.2) is 0 Å². The smallest absolute Gasteiger partial charge is 0.242 e. The molecule has 3 rings (SSSR count). The van der Waals surface area contributed by atoms with Crippen LogP contribution in [-0.2, 0) is 17.8 Å². The van der Waals surface area contributed by atoms with E-state index in [-0.39, 0.29) is 24.4 Å². The summed E-state index contributed by atoms with van der Waals surface area (Å²) >= 11 is 0. The zero-order chi connectivity index (χ0) is 17.8. The number of fused-ring (bicyclic) bond motifs is 1. The zero-order valence-corrected chi connectivity index (χ0v) is 16.3. The molecule has 5 heteroatoms. The van der Waals surface area contributed by atoms with Crippen molar-refractivity contribution in [2.75, 3.05) is 23.7 Å². The third-order valence-electron chi connectivity index (χ3n) is 4.85. The molecule has 0 fully saturated rings. The summed E-state index contributed by atoms with van der Waals surface area (Å²) in [7, 11) is 0. The molecule has 26 heavy (non-hydrogen) atoms. The van der Waals surface area contributed by atoms with Gasteiger partial charge in [0.2, 0.25) is 5.91 Å². The Labute approximate surface area is 162 Å². The van der Waals surface area contributed by atoms with Gasteiger partial charge in [0.15, 0.2) is 0 Å². The van der Waals surface area contributed by atoms with E-state index < -0.39 is 0 Å². The number of rotatable bonds is 5. The summed E-state index contributed by atoms with van der Waals surface area (Å²) in [5.74, 6) is 0.161. The lowest BCUT2D eigenvalue weighted by Crippen LogP contribution is -2.44. The third kappa shape index (κ3) is 4.50. The first kappa shape index (κ1) is 20.1. The molecule has 1 amide bonds. The average molecular weight is 374 g/mol. The number of nitrogens with zero attached hydrogens (tertiary/aromatic N) is 2. The van der Waals surface area contributed by atoms with Crippen molar-refractivity contribution in [2.45, 2.75) is 39.3 Å². The fourth-order valence-corrected chi connectivity index (χ4v) is 3.48. The van der Waals surface area contributed by atoms with E-state index in [2.05, 4.69) is 36.9 Å². The summed E-state index contributed by atoms with van der Waals surface area (Å²) < 4.78 is 0. The van der Waals surface area contributed by atoms with Gasteiger partial charge in [-0.2, -0.15) is 0 Å². The lowest BCUT2D eigenvalue weighted by molar-refractivity contribution is -0.132. The Hall–Kier alpha value is -2.20. The molecule has 0 atom stereocenters. The minimum Gasteiger partial charge on any atom is -0.398 e. The van der Waals surface area contributed by atoms with Crippen LogP contribution in [0.4, 0.5) is 11.4 Å². The van der Waals surface area contributed by atoms with Crippen LogP contribution in [0.1, 0.15) is 31.4 Å². The minimum absolute atomic E-state index is 0. The van der Waals surface area contributed by atoms with Gasteiger partial charge in [0.1, 0.15) is 0 Å². The van der Waals surface area contributed by atoms with Crippen LogP contribution in [0.15, 0.2) is 48.5 Å². The van der Waals surface area contributed by atoms with Crippen LogP contribution in [0.5, 0.6) is 0 Å². The van der Waals surface area contributed by atoms with Crippen molar-refractivity contribution < 1.29 is 4.79 Å². The van der Waals surface area contributed by atoms with E-state index in [1.54, 1.807) is 0 Å². The molecule has 2 aromatic rings. The molecule has 0 saturated heterocycles. The molecule has 1 aliphatic heterocycles. The van der Waals surface area contributed by atoms with Crippen LogP contribution in [-0.4, -0.2) is 29.9 Å². The first-order chi connectivity index (χ1) is 12.1. The van der Waals surface area contributed by atoms with Gasteiger partial charge < -0.3 is 15.5 Å². The Morgan fingerprint density at radius 1 is 1.15 bits per heavy atom. The second-order valence-corrected chi connectivity index (χ2v) is 6.97. The molecule has 0 saturated carbocycles. The standard InChI is InChI=1S/C21H27N3O.ClH/c1-16(2)24(14-17-8-4-3-5-9-17)21(25)15-23-13-7-10-18-19(22)11-6-12-20(18)23;/h3-6,8-9,11-12,16H,7,10,13-15,22H2,1-2H3;1H. The number of nitrogens with two attached hydrogens (primary N) is 1. The van der Waals surface area contributed by atoms with E-state index in [9.17, 15) is 4.79 Å². The number of anilines is 2. The highest BCUT2D eigenvalue weighted by Gasteiger charge is 2.24. The van der Waals surface area contributed by atoms with Gasteiger partial charge in [0.25, 0.3) is 0 Å². The predicted molar refractivity (Wildman–Crippen MR) is 111 cm³/mol. The quantitative estimate of drug-likeness (QED) is 0.809. The first-order valence-electron chi connectivity index (χ1n) is 9.02. The Kier molecular flexibility index (Phi) is 6.92. The molecule has 1 aliphatic rings. The molecule has 0 unspecified atom stereocenters. The lowest BCUT2D eigenvalue weighted by atomic mass is 10.00. The number of amides is 1. The van der Waals surface area contributed by atoms with Crippen LogP contribution >= 0.6 is 12.4 Å². The van der Waals surface area contributed by atoms with Crippen LogP contribution in [0, 0.1) is 0 Å². The SMILES string of the molecule is CC(C)N(Cc1ccccc1)C(=O)CN1CCCc2c(N)cccc21.Cl. The van der Waals surface area contributed by atoms with Gasteiger partial charge in [0, 0.05) is 30.5 Å². The molecule has 0 radical (unpaired) electrons. The number of hydrogen-bond acceptors (Lipinski definition) is 3. The fourth-order valence-electron chi connectivity index (χ4n) is 3.48. The molecule has 1 heterocycles. The third-order valence-corrected chi connectivity index (χ3v) is 4.85. The van der Waals surface area contributed by atoms with Gasteiger partial charge in [-0.1, -0.05) is 36.4 Å². The van der Waals surface area contributed by atoms with Crippen LogP contribution < -0.4 is 10.6 Å². The Bertz CT molecular complexity index is 733. The zero-order valence-electron chi connectivity index (χ0n) is 15.5. The molecule has 4 nitrogen and oxygen atoms in total. The second-order valence-electron chi connectivity index (χ2n) is 6.97. The van der Waals surface area contributed by atoms with E-state index in [0.717, 1.165) is 36.3 Å². The molecule has 2 N–H and O–H groups in total. The van der Waals surface area contributed by atoms with E-state index in [1.807, 2.05) is 35.2 Å². The average Bonchev–Trinajstić information content (AvgIpc) is 2.61. The number of carbonyl (C=O) groups is 1.